The van der Waals surface area contributed by atoms with Gasteiger partial charge in [-0.1, -0.05) is 37.1 Å². The highest BCUT2D eigenvalue weighted by Crippen LogP contribution is 2.42. The fourth-order valence-corrected chi connectivity index (χ4v) is 4.39. The normalized spacial score (nSPS) is 15.5. The topological polar surface area (TPSA) is 66.1 Å². The van der Waals surface area contributed by atoms with E-state index in [1.165, 1.54) is 12.1 Å². The largest absolute Gasteiger partial charge is 0.335 e. The molecule has 150 valence electrons. The van der Waals surface area contributed by atoms with Crippen LogP contribution in [0.25, 0.3) is 10.9 Å². The summed E-state index contributed by atoms with van der Waals surface area (Å²) in [5, 5.41) is 0.532. The predicted molar refractivity (Wildman–Crippen MR) is 110 cm³/mol. The Morgan fingerprint density at radius 1 is 1.14 bits per heavy atom. The van der Waals surface area contributed by atoms with Crippen molar-refractivity contribution in [2.75, 3.05) is 6.54 Å². The van der Waals surface area contributed by atoms with E-state index in [0.29, 0.717) is 23.3 Å². The Morgan fingerprint density at radius 3 is 2.52 bits per heavy atom. The number of rotatable bonds is 5. The lowest BCUT2D eigenvalue weighted by Gasteiger charge is -2.34. The van der Waals surface area contributed by atoms with Gasteiger partial charge in [-0.2, -0.15) is 0 Å². The lowest BCUT2D eigenvalue weighted by molar-refractivity contribution is -0.138. The zero-order valence-electron chi connectivity index (χ0n) is 16.5. The summed E-state index contributed by atoms with van der Waals surface area (Å²) >= 11 is 0. The number of hydrogen-bond donors (Lipinski definition) is 1. The van der Waals surface area contributed by atoms with E-state index in [-0.39, 0.29) is 23.8 Å². The molecule has 29 heavy (non-hydrogen) atoms. The molecule has 6 heteroatoms. The number of nitrogens with zero attached hydrogens (tertiary/aromatic N) is 2. The summed E-state index contributed by atoms with van der Waals surface area (Å²) in [5.74, 6) is 0.177. The Bertz CT molecular complexity index is 1090. The van der Waals surface area contributed by atoms with E-state index in [1.54, 1.807) is 35.2 Å². The zero-order valence-corrected chi connectivity index (χ0v) is 16.5. The molecule has 0 aliphatic heterocycles. The number of nitrogens with one attached hydrogen (secondary N) is 1. The maximum absolute atomic E-state index is 13.6. The van der Waals surface area contributed by atoms with Crippen LogP contribution < -0.4 is 5.56 Å². The predicted octanol–water partition coefficient (Wildman–Crippen LogP) is 3.92. The quantitative estimate of drug-likeness (QED) is 0.714. The van der Waals surface area contributed by atoms with Gasteiger partial charge < -0.3 is 9.88 Å². The number of H-pyrrole nitrogens is 1. The van der Waals surface area contributed by atoms with Crippen LogP contribution in [0.5, 0.6) is 0 Å². The van der Waals surface area contributed by atoms with Crippen molar-refractivity contribution in [2.24, 2.45) is 0 Å². The number of carbonyl (C=O) groups excluding carboxylic acids is 1. The second-order valence-corrected chi connectivity index (χ2v) is 7.65. The lowest BCUT2D eigenvalue weighted by atomic mass is 9.77. The summed E-state index contributed by atoms with van der Waals surface area (Å²) in [7, 11) is 0. The van der Waals surface area contributed by atoms with Crippen LogP contribution >= 0.6 is 0 Å². The second-order valence-electron chi connectivity index (χ2n) is 7.65. The first-order valence-electron chi connectivity index (χ1n) is 10.1. The smallest absolute Gasteiger partial charge is 0.258 e. The number of aromatic nitrogens is 2. The minimum Gasteiger partial charge on any atom is -0.335 e. The van der Waals surface area contributed by atoms with Gasteiger partial charge >= 0.3 is 0 Å². The Labute approximate surface area is 168 Å². The first-order chi connectivity index (χ1) is 14.0. The van der Waals surface area contributed by atoms with Crippen molar-refractivity contribution in [3.05, 3.63) is 76.1 Å². The van der Waals surface area contributed by atoms with Gasteiger partial charge in [-0.05, 0) is 49.6 Å². The molecule has 1 aliphatic carbocycles. The van der Waals surface area contributed by atoms with Gasteiger partial charge in [0.2, 0.25) is 5.91 Å². The van der Waals surface area contributed by atoms with Crippen LogP contribution in [0.3, 0.4) is 0 Å². The van der Waals surface area contributed by atoms with Crippen molar-refractivity contribution in [3.63, 3.8) is 0 Å². The maximum Gasteiger partial charge on any atom is 0.258 e. The average Bonchev–Trinajstić information content (AvgIpc) is 3.23. The summed E-state index contributed by atoms with van der Waals surface area (Å²) in [5.41, 5.74) is 0.632. The third-order valence-corrected chi connectivity index (χ3v) is 5.93. The van der Waals surface area contributed by atoms with Crippen LogP contribution in [0.1, 0.15) is 44.0 Å². The molecule has 1 aromatic heterocycles. The van der Waals surface area contributed by atoms with Gasteiger partial charge in [0.05, 0.1) is 22.9 Å². The van der Waals surface area contributed by atoms with Crippen molar-refractivity contribution < 1.29 is 9.18 Å². The van der Waals surface area contributed by atoms with Crippen LogP contribution in [-0.4, -0.2) is 27.3 Å². The van der Waals surface area contributed by atoms with Gasteiger partial charge in [-0.3, -0.25) is 9.59 Å². The molecule has 1 amide bonds. The first kappa shape index (κ1) is 19.3. The molecule has 1 fully saturated rings. The fraction of sp³-hybridized carbons (Fsp3) is 0.348. The molecule has 0 saturated heterocycles. The number of benzene rings is 2. The third kappa shape index (κ3) is 3.55. The fourth-order valence-electron chi connectivity index (χ4n) is 4.39. The molecule has 0 spiro atoms. The molecule has 2 aromatic carbocycles. The maximum atomic E-state index is 13.6. The number of aromatic amines is 1. The summed E-state index contributed by atoms with van der Waals surface area (Å²) in [6, 6.07) is 13.4. The highest BCUT2D eigenvalue weighted by molar-refractivity contribution is 5.88. The van der Waals surface area contributed by atoms with Crippen molar-refractivity contribution in [2.45, 2.75) is 44.6 Å². The van der Waals surface area contributed by atoms with Crippen molar-refractivity contribution in [1.82, 2.24) is 14.9 Å². The summed E-state index contributed by atoms with van der Waals surface area (Å²) in [6.07, 6.45) is 3.42. The van der Waals surface area contributed by atoms with Crippen LogP contribution in [0.15, 0.2) is 53.3 Å². The molecule has 0 bridgehead atoms. The lowest BCUT2D eigenvalue weighted by Crippen LogP contribution is -2.45. The average molecular weight is 393 g/mol. The van der Waals surface area contributed by atoms with Crippen molar-refractivity contribution >= 4 is 16.8 Å². The molecular formula is C23H24FN3O2. The van der Waals surface area contributed by atoms with Gasteiger partial charge in [0.25, 0.3) is 5.56 Å². The molecule has 0 atom stereocenters. The Morgan fingerprint density at radius 2 is 1.83 bits per heavy atom. The van der Waals surface area contributed by atoms with Crippen molar-refractivity contribution in [3.8, 4) is 0 Å². The van der Waals surface area contributed by atoms with E-state index in [1.807, 2.05) is 13.0 Å². The van der Waals surface area contributed by atoms with Gasteiger partial charge in [0.15, 0.2) is 0 Å². The van der Waals surface area contributed by atoms with E-state index in [2.05, 4.69) is 9.97 Å². The zero-order chi connectivity index (χ0) is 20.4. The van der Waals surface area contributed by atoms with Gasteiger partial charge in [0.1, 0.15) is 11.6 Å². The molecule has 3 aromatic rings. The van der Waals surface area contributed by atoms with Crippen LogP contribution in [0.4, 0.5) is 4.39 Å². The van der Waals surface area contributed by atoms with Crippen LogP contribution in [0, 0.1) is 5.82 Å². The number of para-hydroxylation sites is 1. The molecule has 4 rings (SSSR count). The van der Waals surface area contributed by atoms with E-state index in [9.17, 15) is 14.0 Å². The van der Waals surface area contributed by atoms with Crippen LogP contribution in [0.2, 0.25) is 0 Å². The number of fused-ring (bicyclic) bond motifs is 1. The Kier molecular flexibility index (Phi) is 5.18. The van der Waals surface area contributed by atoms with Gasteiger partial charge in [-0.15, -0.1) is 0 Å². The van der Waals surface area contributed by atoms with Crippen LogP contribution in [-0.2, 0) is 16.8 Å². The van der Waals surface area contributed by atoms with E-state index >= 15 is 0 Å². The molecule has 0 radical (unpaired) electrons. The molecule has 5 nitrogen and oxygen atoms in total. The van der Waals surface area contributed by atoms with Crippen molar-refractivity contribution in [1.29, 1.82) is 0 Å². The first-order valence-corrected chi connectivity index (χ1v) is 10.1. The Hall–Kier alpha value is -3.02. The number of likely N-dealkylation sites (N-methyl/N-ethyl adjacent to an activating group) is 1. The van der Waals surface area contributed by atoms with E-state index in [0.717, 1.165) is 31.2 Å². The number of hydrogen-bond acceptors (Lipinski definition) is 3. The third-order valence-electron chi connectivity index (χ3n) is 5.93. The minimum atomic E-state index is -0.638. The molecular weight excluding hydrogens is 369 g/mol. The monoisotopic (exact) mass is 393 g/mol. The van der Waals surface area contributed by atoms with E-state index < -0.39 is 5.41 Å². The second kappa shape index (κ2) is 7.78. The summed E-state index contributed by atoms with van der Waals surface area (Å²) in [4.78, 5) is 35.1. The number of halogens is 1. The molecule has 1 heterocycles. The summed E-state index contributed by atoms with van der Waals surface area (Å²) in [6.45, 7) is 2.65. The van der Waals surface area contributed by atoms with E-state index in [4.69, 9.17) is 0 Å². The minimum absolute atomic E-state index is 0.0138. The highest BCUT2D eigenvalue weighted by atomic mass is 19.1. The molecule has 1 N–H and O–H groups in total. The molecule has 0 unspecified atom stereocenters. The number of amides is 1. The summed E-state index contributed by atoms with van der Waals surface area (Å²) < 4.78 is 13.4. The molecule has 1 aliphatic rings. The van der Waals surface area contributed by atoms with Gasteiger partial charge in [-0.25, -0.2) is 9.37 Å². The SMILES string of the molecule is CCN(Cc1nc2ccccc2c(=O)[nH]1)C(=O)C1(c2ccc(F)cc2)CCCC1. The van der Waals surface area contributed by atoms with Gasteiger partial charge in [0, 0.05) is 6.54 Å². The standard InChI is InChI=1S/C23H24FN3O2/c1-2-27(15-20-25-19-8-4-3-7-18(19)21(28)26-20)22(29)23(13-5-6-14-23)16-9-11-17(24)12-10-16/h3-4,7-12H,2,5-6,13-15H2,1H3,(H,25,26,28). The highest BCUT2D eigenvalue weighted by Gasteiger charge is 2.44. The number of carbonyl (C=O) groups is 1. The molecule has 1 saturated carbocycles. The Balaban J connectivity index is 1.67.